The molecule has 5 rings (SSSR count). The molecule has 2 bridgehead atoms. The molecule has 3 N–H and O–H groups in total. The van der Waals surface area contributed by atoms with Crippen molar-refractivity contribution in [2.75, 3.05) is 13.7 Å². The molecule has 16 heteroatoms. The molecular weight excluding hydrogens is 748 g/mol. The molecule has 2 aliphatic heterocycles. The zero-order valence-corrected chi connectivity index (χ0v) is 34.0. The average molecular weight is 805 g/mol. The van der Waals surface area contributed by atoms with Crippen molar-refractivity contribution in [1.29, 1.82) is 0 Å². The van der Waals surface area contributed by atoms with Gasteiger partial charge in [0.05, 0.1) is 50.1 Å². The van der Waals surface area contributed by atoms with Crippen molar-refractivity contribution in [2.45, 2.75) is 135 Å². The number of furan rings is 1. The van der Waals surface area contributed by atoms with E-state index in [0.717, 1.165) is 6.92 Å². The third-order valence-electron chi connectivity index (χ3n) is 13.6. The van der Waals surface area contributed by atoms with E-state index in [9.17, 15) is 39.3 Å². The highest BCUT2D eigenvalue weighted by Crippen LogP contribution is 2.70. The second-order valence-corrected chi connectivity index (χ2v) is 16.6. The summed E-state index contributed by atoms with van der Waals surface area (Å²) < 4.78 is 46.9. The predicted octanol–water partition coefficient (Wildman–Crippen LogP) is 3.40. The van der Waals surface area contributed by atoms with Crippen LogP contribution in [0.15, 0.2) is 46.8 Å². The molecule has 57 heavy (non-hydrogen) atoms. The Bertz CT molecular complexity index is 1760. The number of allylic oxidation sites excluding steroid dienone is 1. The molecule has 2 saturated heterocycles. The molecule has 16 nitrogen and oxygen atoms in total. The van der Waals surface area contributed by atoms with Gasteiger partial charge in [-0.25, -0.2) is 9.59 Å². The van der Waals surface area contributed by atoms with Crippen molar-refractivity contribution in [3.63, 3.8) is 0 Å². The van der Waals surface area contributed by atoms with E-state index < -0.39 is 119 Å². The molecule has 0 radical (unpaired) electrons. The normalized spacial score (nSPS) is 39.9. The fourth-order valence-electron chi connectivity index (χ4n) is 10.1. The maximum Gasteiger partial charge on any atom is 0.335 e. The van der Waals surface area contributed by atoms with Crippen LogP contribution in [0.2, 0.25) is 0 Å². The van der Waals surface area contributed by atoms with Crippen LogP contribution in [0.3, 0.4) is 0 Å². The quantitative estimate of drug-likeness (QED) is 0.0854. The van der Waals surface area contributed by atoms with Gasteiger partial charge in [0.1, 0.15) is 30.0 Å². The smallest absolute Gasteiger partial charge is 0.335 e. The summed E-state index contributed by atoms with van der Waals surface area (Å²) in [5, 5.41) is 36.6. The Morgan fingerprint density at radius 3 is 2.33 bits per heavy atom. The van der Waals surface area contributed by atoms with Crippen molar-refractivity contribution in [3.8, 4) is 0 Å². The molecule has 14 atom stereocenters. The number of methoxy groups -OCH3 is 1. The summed E-state index contributed by atoms with van der Waals surface area (Å²) in [4.78, 5) is 66.8. The monoisotopic (exact) mass is 804 g/mol. The Balaban J connectivity index is 1.88. The van der Waals surface area contributed by atoms with Crippen LogP contribution in [0.4, 0.5) is 0 Å². The Morgan fingerprint density at radius 1 is 1.09 bits per heavy atom. The Hall–Kier alpha value is -4.09. The van der Waals surface area contributed by atoms with Crippen LogP contribution in [-0.4, -0.2) is 107 Å². The lowest BCUT2D eigenvalue weighted by Gasteiger charge is -2.62. The first-order valence-corrected chi connectivity index (χ1v) is 19.2. The zero-order chi connectivity index (χ0) is 42.5. The summed E-state index contributed by atoms with van der Waals surface area (Å²) in [5.41, 5.74) is -6.76. The van der Waals surface area contributed by atoms with Crippen LogP contribution in [0.25, 0.3) is 0 Å². The van der Waals surface area contributed by atoms with Crippen LogP contribution in [0.1, 0.15) is 92.6 Å². The number of hydrogen-bond donors (Lipinski definition) is 3. The number of carbonyl (C=O) groups is 5. The van der Waals surface area contributed by atoms with Gasteiger partial charge < -0.3 is 52.9 Å². The lowest BCUT2D eigenvalue weighted by atomic mass is 9.46. The fraction of sp³-hybridized carbons (Fsp3) is 0.683. The topological polar surface area (TPSA) is 224 Å². The standard InChI is InChI=1S/C41H56O16/c1-11-21(3)32(45)36(47)56-34-33(52-20-42)31(38(8)27(16-30(44)50-10)37(7)19-53-40(48,57-37)17-29(38)54-24(6)43)23(5)41(49)28(55-35(46)22(4)12-2)15-26(39(34,41)9)25-13-14-51-18-25/h12-14,18,20-21,26-29,31-34,45,48-49H,5,11,15-17,19H2,1-4,6-10H3/b22-12+/t21-,26-,27-,28+,29-,31?,32-,33+,34-,37-,38+,39+,40+,41+/m0/s1. The molecule has 1 unspecified atom stereocenters. The molecule has 0 spiro atoms. The summed E-state index contributed by atoms with van der Waals surface area (Å²) in [6.45, 7) is 16.9. The number of aliphatic hydroxyl groups excluding tert-OH is 1. The molecule has 0 amide bonds. The molecule has 4 aliphatic rings. The lowest BCUT2D eigenvalue weighted by molar-refractivity contribution is -0.328. The van der Waals surface area contributed by atoms with Gasteiger partial charge in [0.25, 0.3) is 12.4 Å². The molecule has 316 valence electrons. The van der Waals surface area contributed by atoms with Crippen LogP contribution in [-0.2, 0) is 57.1 Å². The summed E-state index contributed by atoms with van der Waals surface area (Å²) in [6.07, 6.45) is -4.07. The number of esters is 4. The summed E-state index contributed by atoms with van der Waals surface area (Å²) in [6, 6.07) is 1.64. The fourth-order valence-corrected chi connectivity index (χ4v) is 10.1. The molecule has 4 fully saturated rings. The van der Waals surface area contributed by atoms with Crippen LogP contribution in [0, 0.1) is 28.6 Å². The minimum Gasteiger partial charge on any atom is -0.472 e. The molecular formula is C41H56O16. The molecule has 2 aliphatic carbocycles. The highest BCUT2D eigenvalue weighted by molar-refractivity contribution is 5.88. The van der Waals surface area contributed by atoms with Crippen molar-refractivity contribution < 1.29 is 76.9 Å². The van der Waals surface area contributed by atoms with Crippen LogP contribution in [0.5, 0.6) is 0 Å². The lowest BCUT2D eigenvalue weighted by Crippen LogP contribution is -2.72. The van der Waals surface area contributed by atoms with E-state index in [4.69, 9.17) is 37.6 Å². The van der Waals surface area contributed by atoms with Crippen molar-refractivity contribution >= 4 is 30.3 Å². The highest BCUT2D eigenvalue weighted by atomic mass is 16.9. The van der Waals surface area contributed by atoms with E-state index in [1.54, 1.807) is 47.6 Å². The van der Waals surface area contributed by atoms with Crippen LogP contribution < -0.4 is 0 Å². The minimum absolute atomic E-state index is 0.0825. The van der Waals surface area contributed by atoms with E-state index in [1.807, 2.05) is 0 Å². The van der Waals surface area contributed by atoms with Gasteiger partial charge in [-0.1, -0.05) is 46.8 Å². The second kappa shape index (κ2) is 15.9. The van der Waals surface area contributed by atoms with Crippen molar-refractivity contribution in [1.82, 2.24) is 0 Å². The Kier molecular flexibility index (Phi) is 12.3. The maximum absolute atomic E-state index is 14.1. The van der Waals surface area contributed by atoms with Crippen molar-refractivity contribution in [3.05, 3.63) is 48.0 Å². The van der Waals surface area contributed by atoms with Gasteiger partial charge in [-0.3, -0.25) is 14.4 Å². The molecule has 3 heterocycles. The van der Waals surface area contributed by atoms with E-state index in [1.165, 1.54) is 32.6 Å². The van der Waals surface area contributed by atoms with Gasteiger partial charge in [0.2, 0.25) is 0 Å². The SMILES string of the molecule is C=C1C([C@@]2(C)[C@@H](OC(C)=O)C[C@@]3(O)OC[C@](C)(O3)[C@@H]2CC(=O)OC)[C@@H](OC=O)[C@H](OC(=O)[C@@H](O)[C@@H](C)CC)[C@@]2(C)[C@H](c3ccoc3)C[C@@H](OC(=O)/C(C)=C/C)[C@]12O. The number of rotatable bonds is 13. The minimum atomic E-state index is -2.36. The number of carbonyl (C=O) groups excluding carboxylic acids is 5. The first-order chi connectivity index (χ1) is 26.6. The molecule has 2 saturated carbocycles. The Labute approximate surface area is 331 Å². The number of hydrogen-bond acceptors (Lipinski definition) is 16. The maximum atomic E-state index is 14.1. The third kappa shape index (κ3) is 7.10. The van der Waals surface area contributed by atoms with E-state index in [0.29, 0.717) is 12.0 Å². The van der Waals surface area contributed by atoms with Crippen molar-refractivity contribution in [2.24, 2.45) is 28.6 Å². The first kappa shape index (κ1) is 44.0. The molecule has 0 aromatic carbocycles. The summed E-state index contributed by atoms with van der Waals surface area (Å²) >= 11 is 0. The summed E-state index contributed by atoms with van der Waals surface area (Å²) in [5.74, 6) is -9.75. The van der Waals surface area contributed by atoms with Gasteiger partial charge in [0, 0.05) is 35.7 Å². The second-order valence-electron chi connectivity index (χ2n) is 16.6. The van der Waals surface area contributed by atoms with Crippen LogP contribution >= 0.6 is 0 Å². The molecule has 1 aromatic rings. The van der Waals surface area contributed by atoms with Gasteiger partial charge in [-0.15, -0.1) is 0 Å². The highest BCUT2D eigenvalue weighted by Gasteiger charge is 2.79. The number of fused-ring (bicyclic) bond motifs is 3. The predicted molar refractivity (Wildman–Crippen MR) is 196 cm³/mol. The zero-order valence-electron chi connectivity index (χ0n) is 34.0. The summed E-state index contributed by atoms with van der Waals surface area (Å²) in [7, 11) is 1.18. The Morgan fingerprint density at radius 2 is 1.77 bits per heavy atom. The largest absolute Gasteiger partial charge is 0.472 e. The van der Waals surface area contributed by atoms with E-state index >= 15 is 0 Å². The molecule has 1 aromatic heterocycles. The number of aliphatic hydroxyl groups is 3. The first-order valence-electron chi connectivity index (χ1n) is 19.2. The number of ether oxygens (including phenoxy) is 7. The van der Waals surface area contributed by atoms with E-state index in [-0.39, 0.29) is 30.6 Å². The van der Waals surface area contributed by atoms with Gasteiger partial charge in [0.15, 0.2) is 6.10 Å². The van der Waals surface area contributed by atoms with Gasteiger partial charge in [-0.05, 0) is 50.3 Å². The van der Waals surface area contributed by atoms with E-state index in [2.05, 4.69) is 6.58 Å². The van der Waals surface area contributed by atoms with Gasteiger partial charge >= 0.3 is 23.9 Å². The van der Waals surface area contributed by atoms with Gasteiger partial charge in [-0.2, -0.15) is 0 Å². The third-order valence-corrected chi connectivity index (χ3v) is 13.6. The average Bonchev–Trinajstić information content (AvgIpc) is 3.86.